The molecule has 0 spiro atoms. The van der Waals surface area contributed by atoms with Crippen molar-refractivity contribution in [3.63, 3.8) is 0 Å². The van der Waals surface area contributed by atoms with E-state index in [0.29, 0.717) is 6.04 Å². The van der Waals surface area contributed by atoms with Crippen LogP contribution in [0.4, 0.5) is 5.69 Å². The Hall–Kier alpha value is -1.28. The normalized spacial score (nSPS) is 12.6. The van der Waals surface area contributed by atoms with E-state index in [-0.39, 0.29) is 0 Å². The molecule has 0 aliphatic carbocycles. The van der Waals surface area contributed by atoms with Gasteiger partial charge in [0, 0.05) is 17.6 Å². The van der Waals surface area contributed by atoms with Crippen LogP contribution in [0.15, 0.2) is 30.5 Å². The van der Waals surface area contributed by atoms with E-state index in [2.05, 4.69) is 24.1 Å². The Morgan fingerprint density at radius 1 is 1.26 bits per heavy atom. The number of rotatable bonds is 6. The molecule has 1 N–H and O–H groups in total. The lowest BCUT2D eigenvalue weighted by Gasteiger charge is -2.16. The maximum absolute atomic E-state index is 6.20. The molecule has 1 aromatic carbocycles. The van der Waals surface area contributed by atoms with E-state index in [1.54, 1.807) is 0 Å². The second kappa shape index (κ2) is 6.76. The highest BCUT2D eigenvalue weighted by atomic mass is 35.5. The molecule has 0 amide bonds. The Labute approximate surface area is 120 Å². The van der Waals surface area contributed by atoms with Gasteiger partial charge in [0.25, 0.3) is 0 Å². The van der Waals surface area contributed by atoms with Crippen molar-refractivity contribution in [2.45, 2.75) is 45.6 Å². The SMILES string of the molecule is CCCCCC(C)Nc1ccc(Cl)c2cccnc12. The van der Waals surface area contributed by atoms with Crippen LogP contribution < -0.4 is 5.32 Å². The number of unbranched alkanes of at least 4 members (excludes halogenated alkanes) is 2. The number of halogens is 1. The molecule has 0 fully saturated rings. The number of nitrogens with one attached hydrogen (secondary N) is 1. The van der Waals surface area contributed by atoms with E-state index in [1.165, 1.54) is 25.7 Å². The maximum atomic E-state index is 6.20. The summed E-state index contributed by atoms with van der Waals surface area (Å²) in [6, 6.07) is 8.35. The highest BCUT2D eigenvalue weighted by molar-refractivity contribution is 6.35. The summed E-state index contributed by atoms with van der Waals surface area (Å²) in [5.41, 5.74) is 2.03. The fourth-order valence-electron chi connectivity index (χ4n) is 2.29. The summed E-state index contributed by atoms with van der Waals surface area (Å²) in [5, 5.41) is 5.32. The predicted octanol–water partition coefficient (Wildman–Crippen LogP) is 5.27. The molecular weight excluding hydrogens is 256 g/mol. The van der Waals surface area contributed by atoms with Crippen molar-refractivity contribution in [1.29, 1.82) is 0 Å². The molecule has 2 aromatic rings. The van der Waals surface area contributed by atoms with Crippen molar-refractivity contribution in [3.05, 3.63) is 35.5 Å². The molecule has 1 atom stereocenters. The topological polar surface area (TPSA) is 24.9 Å². The highest BCUT2D eigenvalue weighted by Gasteiger charge is 2.08. The Morgan fingerprint density at radius 3 is 2.89 bits per heavy atom. The van der Waals surface area contributed by atoms with Crippen LogP contribution in [0.1, 0.15) is 39.5 Å². The molecule has 0 aliphatic rings. The van der Waals surface area contributed by atoms with Gasteiger partial charge in [-0.25, -0.2) is 0 Å². The van der Waals surface area contributed by atoms with Crippen molar-refractivity contribution >= 4 is 28.2 Å². The summed E-state index contributed by atoms with van der Waals surface area (Å²) in [5.74, 6) is 0. The summed E-state index contributed by atoms with van der Waals surface area (Å²) >= 11 is 6.20. The van der Waals surface area contributed by atoms with Crippen molar-refractivity contribution in [2.75, 3.05) is 5.32 Å². The Morgan fingerprint density at radius 2 is 2.11 bits per heavy atom. The molecule has 1 aromatic heterocycles. The van der Waals surface area contributed by atoms with Gasteiger partial charge in [0.1, 0.15) is 0 Å². The van der Waals surface area contributed by atoms with Crippen molar-refractivity contribution in [2.24, 2.45) is 0 Å². The van der Waals surface area contributed by atoms with Gasteiger partial charge in [-0.3, -0.25) is 4.98 Å². The standard InChI is InChI=1S/C16H21ClN2/c1-3-4-5-7-12(2)19-15-10-9-14(17)13-8-6-11-18-16(13)15/h6,8-12,19H,3-5,7H2,1-2H3. The number of fused-ring (bicyclic) bond motifs is 1. The van der Waals surface area contributed by atoms with Gasteiger partial charge >= 0.3 is 0 Å². The van der Waals surface area contributed by atoms with Crippen LogP contribution in [-0.2, 0) is 0 Å². The minimum atomic E-state index is 0.456. The molecule has 1 heterocycles. The van der Waals surface area contributed by atoms with E-state index in [4.69, 9.17) is 11.6 Å². The van der Waals surface area contributed by atoms with Gasteiger partial charge in [0.2, 0.25) is 0 Å². The predicted molar refractivity (Wildman–Crippen MR) is 84.0 cm³/mol. The molecule has 19 heavy (non-hydrogen) atoms. The first-order chi connectivity index (χ1) is 9.22. The molecule has 2 nitrogen and oxygen atoms in total. The zero-order valence-corrected chi connectivity index (χ0v) is 12.4. The number of hydrogen-bond donors (Lipinski definition) is 1. The summed E-state index contributed by atoms with van der Waals surface area (Å²) in [6.45, 7) is 4.45. The molecule has 0 radical (unpaired) electrons. The Bertz CT molecular complexity index is 539. The molecule has 0 saturated carbocycles. The molecule has 3 heteroatoms. The second-order valence-corrected chi connectivity index (χ2v) is 5.44. The van der Waals surface area contributed by atoms with Gasteiger partial charge in [0.05, 0.1) is 16.2 Å². The van der Waals surface area contributed by atoms with Crippen LogP contribution in [0, 0.1) is 0 Å². The summed E-state index contributed by atoms with van der Waals surface area (Å²) in [4.78, 5) is 4.44. The minimum absolute atomic E-state index is 0.456. The second-order valence-electron chi connectivity index (χ2n) is 5.04. The van der Waals surface area contributed by atoms with E-state index in [1.807, 2.05) is 30.5 Å². The number of nitrogens with zero attached hydrogens (tertiary/aromatic N) is 1. The summed E-state index contributed by atoms with van der Waals surface area (Å²) in [6.07, 6.45) is 6.82. The van der Waals surface area contributed by atoms with Crippen molar-refractivity contribution in [3.8, 4) is 0 Å². The van der Waals surface area contributed by atoms with Crippen LogP contribution in [0.2, 0.25) is 5.02 Å². The van der Waals surface area contributed by atoms with Gasteiger partial charge < -0.3 is 5.32 Å². The van der Waals surface area contributed by atoms with Crippen LogP contribution in [0.3, 0.4) is 0 Å². The van der Waals surface area contributed by atoms with E-state index >= 15 is 0 Å². The van der Waals surface area contributed by atoms with Crippen LogP contribution in [-0.4, -0.2) is 11.0 Å². The maximum Gasteiger partial charge on any atom is 0.0948 e. The molecule has 0 saturated heterocycles. The number of anilines is 1. The fraction of sp³-hybridized carbons (Fsp3) is 0.438. The molecular formula is C16H21ClN2. The third kappa shape index (κ3) is 3.60. The zero-order valence-electron chi connectivity index (χ0n) is 11.6. The van der Waals surface area contributed by atoms with E-state index in [9.17, 15) is 0 Å². The van der Waals surface area contributed by atoms with Gasteiger partial charge in [0.15, 0.2) is 0 Å². The first-order valence-electron chi connectivity index (χ1n) is 7.02. The van der Waals surface area contributed by atoms with Gasteiger partial charge in [-0.2, -0.15) is 0 Å². The first-order valence-corrected chi connectivity index (χ1v) is 7.40. The monoisotopic (exact) mass is 276 g/mol. The van der Waals surface area contributed by atoms with Gasteiger partial charge in [-0.05, 0) is 37.6 Å². The van der Waals surface area contributed by atoms with Crippen LogP contribution in [0.25, 0.3) is 10.9 Å². The van der Waals surface area contributed by atoms with E-state index < -0.39 is 0 Å². The lowest BCUT2D eigenvalue weighted by Crippen LogP contribution is -2.15. The van der Waals surface area contributed by atoms with Crippen LogP contribution in [0.5, 0.6) is 0 Å². The average molecular weight is 277 g/mol. The molecule has 0 aliphatic heterocycles. The molecule has 102 valence electrons. The Balaban J connectivity index is 2.14. The highest BCUT2D eigenvalue weighted by Crippen LogP contribution is 2.28. The average Bonchev–Trinajstić information content (AvgIpc) is 2.43. The smallest absolute Gasteiger partial charge is 0.0948 e. The third-order valence-corrected chi connectivity index (χ3v) is 3.69. The van der Waals surface area contributed by atoms with Gasteiger partial charge in [-0.1, -0.05) is 37.8 Å². The van der Waals surface area contributed by atoms with Crippen molar-refractivity contribution < 1.29 is 0 Å². The van der Waals surface area contributed by atoms with Gasteiger partial charge in [-0.15, -0.1) is 0 Å². The third-order valence-electron chi connectivity index (χ3n) is 3.36. The quantitative estimate of drug-likeness (QED) is 0.727. The number of benzene rings is 1. The first kappa shape index (κ1) is 14.1. The summed E-state index contributed by atoms with van der Waals surface area (Å²) in [7, 11) is 0. The lowest BCUT2D eigenvalue weighted by atomic mass is 10.1. The van der Waals surface area contributed by atoms with E-state index in [0.717, 1.165) is 21.6 Å². The lowest BCUT2D eigenvalue weighted by molar-refractivity contribution is 0.615. The molecule has 0 bridgehead atoms. The number of hydrogen-bond acceptors (Lipinski definition) is 2. The fourth-order valence-corrected chi connectivity index (χ4v) is 2.51. The minimum Gasteiger partial charge on any atom is -0.381 e. The zero-order chi connectivity index (χ0) is 13.7. The number of aromatic nitrogens is 1. The molecule has 1 unspecified atom stereocenters. The van der Waals surface area contributed by atoms with Crippen LogP contribution >= 0.6 is 11.6 Å². The summed E-state index contributed by atoms with van der Waals surface area (Å²) < 4.78 is 0. The van der Waals surface area contributed by atoms with Crippen molar-refractivity contribution in [1.82, 2.24) is 4.98 Å². The Kier molecular flexibility index (Phi) is 5.03. The molecule has 2 rings (SSSR count). The largest absolute Gasteiger partial charge is 0.381 e. The number of pyridine rings is 1.